The number of nitrogens with zero attached hydrogens (tertiary/aromatic N) is 1. The minimum Gasteiger partial charge on any atom is -0.313 e. The monoisotopic (exact) mass is 276 g/mol. The first-order valence-electron chi connectivity index (χ1n) is 7.37. The fourth-order valence-electron chi connectivity index (χ4n) is 2.51. The molecule has 0 aliphatic heterocycles. The van der Waals surface area contributed by atoms with Crippen molar-refractivity contribution in [2.24, 2.45) is 0 Å². The van der Waals surface area contributed by atoms with Crippen molar-refractivity contribution >= 4 is 10.9 Å². The van der Waals surface area contributed by atoms with E-state index in [4.69, 9.17) is 4.98 Å². The zero-order valence-electron chi connectivity index (χ0n) is 12.5. The molecule has 21 heavy (non-hydrogen) atoms. The molecule has 0 saturated carbocycles. The van der Waals surface area contributed by atoms with Gasteiger partial charge in [0.1, 0.15) is 0 Å². The van der Waals surface area contributed by atoms with E-state index in [2.05, 4.69) is 60.8 Å². The number of aromatic nitrogens is 1. The zero-order valence-corrected chi connectivity index (χ0v) is 12.5. The van der Waals surface area contributed by atoms with Gasteiger partial charge in [0, 0.05) is 23.5 Å². The highest BCUT2D eigenvalue weighted by molar-refractivity contribution is 5.78. The number of pyridine rings is 1. The molecule has 106 valence electrons. The second-order valence-electron chi connectivity index (χ2n) is 5.42. The van der Waals surface area contributed by atoms with Crippen LogP contribution in [-0.2, 0) is 6.42 Å². The SMILES string of the molecule is CNC(C)c1ccc(Cc2ccc3ccccc3n2)cc1. The molecule has 0 amide bonds. The quantitative estimate of drug-likeness (QED) is 0.776. The van der Waals surface area contributed by atoms with E-state index < -0.39 is 0 Å². The van der Waals surface area contributed by atoms with Gasteiger partial charge < -0.3 is 5.32 Å². The fourth-order valence-corrected chi connectivity index (χ4v) is 2.51. The van der Waals surface area contributed by atoms with Crippen LogP contribution in [0.3, 0.4) is 0 Å². The van der Waals surface area contributed by atoms with E-state index in [-0.39, 0.29) is 0 Å². The van der Waals surface area contributed by atoms with Gasteiger partial charge >= 0.3 is 0 Å². The van der Waals surface area contributed by atoms with Crippen LogP contribution in [0.1, 0.15) is 29.8 Å². The molecule has 0 aliphatic carbocycles. The Morgan fingerprint density at radius 3 is 2.48 bits per heavy atom. The molecule has 0 bridgehead atoms. The van der Waals surface area contributed by atoms with Crippen molar-refractivity contribution in [3.8, 4) is 0 Å². The average Bonchev–Trinajstić information content (AvgIpc) is 2.55. The van der Waals surface area contributed by atoms with Gasteiger partial charge in [0.15, 0.2) is 0 Å². The summed E-state index contributed by atoms with van der Waals surface area (Å²) in [6.45, 7) is 2.17. The zero-order chi connectivity index (χ0) is 14.7. The van der Waals surface area contributed by atoms with Gasteiger partial charge in [0.05, 0.1) is 5.52 Å². The highest BCUT2D eigenvalue weighted by Crippen LogP contribution is 2.17. The molecular weight excluding hydrogens is 256 g/mol. The van der Waals surface area contributed by atoms with E-state index in [0.29, 0.717) is 6.04 Å². The maximum absolute atomic E-state index is 4.73. The van der Waals surface area contributed by atoms with Crippen LogP contribution in [-0.4, -0.2) is 12.0 Å². The normalized spacial score (nSPS) is 12.5. The van der Waals surface area contributed by atoms with Crippen LogP contribution in [0.25, 0.3) is 10.9 Å². The van der Waals surface area contributed by atoms with Gasteiger partial charge in [-0.15, -0.1) is 0 Å². The Morgan fingerprint density at radius 1 is 0.952 bits per heavy atom. The minimum absolute atomic E-state index is 0.387. The predicted octanol–water partition coefficient (Wildman–Crippen LogP) is 4.11. The third-order valence-corrected chi connectivity index (χ3v) is 3.95. The molecule has 1 heterocycles. The third-order valence-electron chi connectivity index (χ3n) is 3.95. The van der Waals surface area contributed by atoms with Crippen LogP contribution in [0.15, 0.2) is 60.7 Å². The van der Waals surface area contributed by atoms with Crippen LogP contribution in [0.5, 0.6) is 0 Å². The highest BCUT2D eigenvalue weighted by Gasteiger charge is 2.03. The van der Waals surface area contributed by atoms with Gasteiger partial charge in [0.25, 0.3) is 0 Å². The minimum atomic E-state index is 0.387. The lowest BCUT2D eigenvalue weighted by molar-refractivity contribution is 0.652. The lowest BCUT2D eigenvalue weighted by Gasteiger charge is -2.11. The van der Waals surface area contributed by atoms with Crippen molar-refractivity contribution in [2.75, 3.05) is 7.05 Å². The largest absolute Gasteiger partial charge is 0.313 e. The molecule has 0 saturated heterocycles. The van der Waals surface area contributed by atoms with Gasteiger partial charge in [-0.3, -0.25) is 4.98 Å². The highest BCUT2D eigenvalue weighted by atomic mass is 14.8. The maximum atomic E-state index is 4.73. The molecule has 3 aromatic rings. The lowest BCUT2D eigenvalue weighted by atomic mass is 10.0. The van der Waals surface area contributed by atoms with Crippen LogP contribution in [0, 0.1) is 0 Å². The topological polar surface area (TPSA) is 24.9 Å². The summed E-state index contributed by atoms with van der Waals surface area (Å²) in [5, 5.41) is 4.45. The number of rotatable bonds is 4. The van der Waals surface area contributed by atoms with Crippen molar-refractivity contribution in [2.45, 2.75) is 19.4 Å². The molecule has 1 aromatic heterocycles. The number of hydrogen-bond acceptors (Lipinski definition) is 2. The van der Waals surface area contributed by atoms with Crippen molar-refractivity contribution in [3.63, 3.8) is 0 Å². The van der Waals surface area contributed by atoms with Crippen LogP contribution in [0.4, 0.5) is 0 Å². The smallest absolute Gasteiger partial charge is 0.0705 e. The molecule has 2 aromatic carbocycles. The summed E-state index contributed by atoms with van der Waals surface area (Å²) in [5.41, 5.74) is 4.79. The molecule has 0 radical (unpaired) electrons. The predicted molar refractivity (Wildman–Crippen MR) is 88.5 cm³/mol. The first-order valence-corrected chi connectivity index (χ1v) is 7.37. The Balaban J connectivity index is 1.81. The van der Waals surface area contributed by atoms with E-state index in [9.17, 15) is 0 Å². The molecule has 2 heteroatoms. The van der Waals surface area contributed by atoms with E-state index in [0.717, 1.165) is 17.6 Å². The van der Waals surface area contributed by atoms with E-state index in [1.54, 1.807) is 0 Å². The van der Waals surface area contributed by atoms with Gasteiger partial charge in [-0.2, -0.15) is 0 Å². The molecule has 0 fully saturated rings. The molecule has 1 N–H and O–H groups in total. The third kappa shape index (κ3) is 3.11. The van der Waals surface area contributed by atoms with Crippen LogP contribution >= 0.6 is 0 Å². The van der Waals surface area contributed by atoms with Gasteiger partial charge in [-0.25, -0.2) is 0 Å². The second kappa shape index (κ2) is 6.06. The first-order chi connectivity index (χ1) is 10.3. The Kier molecular flexibility index (Phi) is 3.98. The van der Waals surface area contributed by atoms with Crippen molar-refractivity contribution in [1.82, 2.24) is 10.3 Å². The molecule has 0 spiro atoms. The van der Waals surface area contributed by atoms with E-state index in [1.807, 2.05) is 19.2 Å². The Hall–Kier alpha value is -2.19. The summed E-state index contributed by atoms with van der Waals surface area (Å²) >= 11 is 0. The molecule has 3 rings (SSSR count). The Bertz CT molecular complexity index is 732. The first kappa shape index (κ1) is 13.8. The van der Waals surface area contributed by atoms with Crippen molar-refractivity contribution < 1.29 is 0 Å². The summed E-state index contributed by atoms with van der Waals surface area (Å²) in [5.74, 6) is 0. The van der Waals surface area contributed by atoms with E-state index in [1.165, 1.54) is 16.5 Å². The van der Waals surface area contributed by atoms with Gasteiger partial charge in [-0.1, -0.05) is 48.5 Å². The molecule has 0 aliphatic rings. The summed E-state index contributed by atoms with van der Waals surface area (Å²) < 4.78 is 0. The number of benzene rings is 2. The Morgan fingerprint density at radius 2 is 1.71 bits per heavy atom. The van der Waals surface area contributed by atoms with Crippen molar-refractivity contribution in [3.05, 3.63) is 77.5 Å². The summed E-state index contributed by atoms with van der Waals surface area (Å²) in [6, 6.07) is 21.7. The fraction of sp³-hybridized carbons (Fsp3) is 0.211. The Labute approximate surface area is 125 Å². The molecule has 1 unspecified atom stereocenters. The number of hydrogen-bond donors (Lipinski definition) is 1. The summed E-state index contributed by atoms with van der Waals surface area (Å²) in [6.07, 6.45) is 0.874. The number of fused-ring (bicyclic) bond motifs is 1. The maximum Gasteiger partial charge on any atom is 0.0705 e. The van der Waals surface area contributed by atoms with Gasteiger partial charge in [0.2, 0.25) is 0 Å². The number of para-hydroxylation sites is 1. The molecule has 1 atom stereocenters. The van der Waals surface area contributed by atoms with Crippen LogP contribution in [0.2, 0.25) is 0 Å². The van der Waals surface area contributed by atoms with Crippen LogP contribution < -0.4 is 5.32 Å². The van der Waals surface area contributed by atoms with Crippen molar-refractivity contribution in [1.29, 1.82) is 0 Å². The average molecular weight is 276 g/mol. The standard InChI is InChI=1S/C19H20N2/c1-14(20-2)16-9-7-15(8-10-16)13-18-12-11-17-5-3-4-6-19(17)21-18/h3-12,14,20H,13H2,1-2H3. The van der Waals surface area contributed by atoms with Gasteiger partial charge in [-0.05, 0) is 37.2 Å². The second-order valence-corrected chi connectivity index (χ2v) is 5.42. The number of nitrogens with one attached hydrogen (secondary N) is 1. The molecular formula is C19H20N2. The summed E-state index contributed by atoms with van der Waals surface area (Å²) in [7, 11) is 1.98. The lowest BCUT2D eigenvalue weighted by Crippen LogP contribution is -2.12. The summed E-state index contributed by atoms with van der Waals surface area (Å²) in [4.78, 5) is 4.73. The molecule has 2 nitrogen and oxygen atoms in total. The van der Waals surface area contributed by atoms with E-state index >= 15 is 0 Å².